The van der Waals surface area contributed by atoms with Gasteiger partial charge in [-0.1, -0.05) is 54.6 Å². The molecule has 11 rings (SSSR count). The van der Waals surface area contributed by atoms with Crippen LogP contribution in [0.4, 0.5) is 0 Å². The molecule has 0 atom stereocenters. The third kappa shape index (κ3) is 3.33. The van der Waals surface area contributed by atoms with Crippen LogP contribution >= 0.6 is 0 Å². The van der Waals surface area contributed by atoms with E-state index >= 15 is 0 Å². The highest BCUT2D eigenvalue weighted by Gasteiger charge is 2.62. The molecule has 3 heterocycles. The van der Waals surface area contributed by atoms with Crippen molar-refractivity contribution in [3.63, 3.8) is 0 Å². The second kappa shape index (κ2) is 9.12. The molecule has 0 N–H and O–H groups in total. The van der Waals surface area contributed by atoms with E-state index < -0.39 is 0 Å². The largest absolute Gasteiger partial charge is 0.265 e. The minimum Gasteiger partial charge on any atom is -0.265 e. The molecule has 0 saturated heterocycles. The smallest absolute Gasteiger partial charge is 0.165 e. The first kappa shape index (κ1) is 24.6. The van der Waals surface area contributed by atoms with Crippen LogP contribution in [0.5, 0.6) is 0 Å². The standard InChI is InChI=1S/C39H31N5/c1-2-7-30-25(5-1)10-11-33-34(30)35-31(8-3-9-32(35)39(33)28-18-23-17-24(20-28)21-29(39)19-23)38-43-36(26-12-15-40-16-13-26)42-37(44-38)27-6-4-14-41-22-27/h1-16,22-24,28-29H,17-21H2. The van der Waals surface area contributed by atoms with Gasteiger partial charge >= 0.3 is 0 Å². The third-order valence-electron chi connectivity index (χ3n) is 11.3. The van der Waals surface area contributed by atoms with Crippen LogP contribution in [0.2, 0.25) is 0 Å². The second-order valence-electron chi connectivity index (χ2n) is 13.4. The Morgan fingerprint density at radius 2 is 1.25 bits per heavy atom. The zero-order valence-corrected chi connectivity index (χ0v) is 24.4. The van der Waals surface area contributed by atoms with E-state index in [0.717, 1.165) is 28.5 Å². The second-order valence-corrected chi connectivity index (χ2v) is 13.4. The number of rotatable bonds is 3. The third-order valence-corrected chi connectivity index (χ3v) is 11.3. The van der Waals surface area contributed by atoms with E-state index in [1.54, 1.807) is 24.2 Å². The maximum Gasteiger partial charge on any atom is 0.165 e. The predicted octanol–water partition coefficient (Wildman–Crippen LogP) is 8.54. The number of pyridine rings is 2. The van der Waals surface area contributed by atoms with Crippen molar-refractivity contribution in [3.05, 3.63) is 115 Å². The summed E-state index contributed by atoms with van der Waals surface area (Å²) in [5, 5.41) is 2.62. The summed E-state index contributed by atoms with van der Waals surface area (Å²) >= 11 is 0. The molecule has 0 radical (unpaired) electrons. The Kier molecular flexibility index (Phi) is 5.11. The molecule has 6 aromatic rings. The lowest BCUT2D eigenvalue weighted by Crippen LogP contribution is -2.55. The first-order valence-electron chi connectivity index (χ1n) is 16.0. The highest BCUT2D eigenvalue weighted by atomic mass is 15.0. The molecule has 5 heteroatoms. The van der Waals surface area contributed by atoms with Crippen molar-refractivity contribution >= 4 is 10.8 Å². The van der Waals surface area contributed by atoms with Crippen LogP contribution in [-0.2, 0) is 5.41 Å². The lowest BCUT2D eigenvalue weighted by atomic mass is 9.43. The normalized spacial score (nSPS) is 25.8. The molecule has 4 bridgehead atoms. The topological polar surface area (TPSA) is 64.5 Å². The number of aromatic nitrogens is 5. The minimum atomic E-state index is 0.0608. The zero-order chi connectivity index (χ0) is 28.8. The number of hydrogen-bond donors (Lipinski definition) is 0. The summed E-state index contributed by atoms with van der Waals surface area (Å²) in [5.74, 6) is 5.16. The summed E-state index contributed by atoms with van der Waals surface area (Å²) in [7, 11) is 0. The summed E-state index contributed by atoms with van der Waals surface area (Å²) < 4.78 is 0. The van der Waals surface area contributed by atoms with Gasteiger partial charge in [-0.05, 0) is 113 Å². The van der Waals surface area contributed by atoms with Crippen LogP contribution in [0.15, 0.2) is 104 Å². The maximum atomic E-state index is 5.18. The van der Waals surface area contributed by atoms with E-state index in [4.69, 9.17) is 15.0 Å². The van der Waals surface area contributed by atoms with E-state index in [1.807, 2.05) is 30.5 Å². The molecule has 1 spiro atoms. The molecule has 0 amide bonds. The molecule has 4 fully saturated rings. The molecule has 0 aliphatic heterocycles. The molecule has 212 valence electrons. The summed E-state index contributed by atoms with van der Waals surface area (Å²) in [6.45, 7) is 0. The fraction of sp³-hybridized carbons (Fsp3) is 0.256. The van der Waals surface area contributed by atoms with Crippen molar-refractivity contribution in [2.45, 2.75) is 37.5 Å². The van der Waals surface area contributed by atoms with E-state index in [9.17, 15) is 0 Å². The van der Waals surface area contributed by atoms with E-state index in [2.05, 4.69) is 64.6 Å². The van der Waals surface area contributed by atoms with E-state index in [1.165, 1.54) is 59.6 Å². The average Bonchev–Trinajstić information content (AvgIpc) is 3.39. The summed E-state index contributed by atoms with van der Waals surface area (Å²) in [6, 6.07) is 28.6. The molecule has 3 aromatic heterocycles. The van der Waals surface area contributed by atoms with Crippen molar-refractivity contribution in [2.24, 2.45) is 23.7 Å². The van der Waals surface area contributed by atoms with E-state index in [0.29, 0.717) is 29.3 Å². The monoisotopic (exact) mass is 569 g/mol. The van der Waals surface area contributed by atoms with Crippen molar-refractivity contribution in [3.8, 4) is 45.3 Å². The van der Waals surface area contributed by atoms with Crippen molar-refractivity contribution in [1.29, 1.82) is 0 Å². The lowest BCUT2D eigenvalue weighted by Gasteiger charge is -2.61. The predicted molar refractivity (Wildman–Crippen MR) is 172 cm³/mol. The quantitative estimate of drug-likeness (QED) is 0.214. The lowest BCUT2D eigenvalue weighted by molar-refractivity contribution is -0.0399. The van der Waals surface area contributed by atoms with Crippen LogP contribution in [0.25, 0.3) is 56.1 Å². The molecule has 3 aromatic carbocycles. The Bertz CT molecular complexity index is 2000. The van der Waals surface area contributed by atoms with Gasteiger partial charge in [0.15, 0.2) is 17.5 Å². The number of hydrogen-bond acceptors (Lipinski definition) is 5. The van der Waals surface area contributed by atoms with Gasteiger partial charge in [0.05, 0.1) is 0 Å². The maximum absolute atomic E-state index is 5.18. The van der Waals surface area contributed by atoms with Crippen LogP contribution in [-0.4, -0.2) is 24.9 Å². The van der Waals surface area contributed by atoms with Crippen molar-refractivity contribution in [1.82, 2.24) is 24.9 Å². The first-order chi connectivity index (χ1) is 21.8. The van der Waals surface area contributed by atoms with Gasteiger partial charge in [0.2, 0.25) is 0 Å². The molecular weight excluding hydrogens is 538 g/mol. The van der Waals surface area contributed by atoms with Gasteiger partial charge in [0.25, 0.3) is 0 Å². The van der Waals surface area contributed by atoms with Crippen LogP contribution in [0.3, 0.4) is 0 Å². The zero-order valence-electron chi connectivity index (χ0n) is 24.4. The van der Waals surface area contributed by atoms with Crippen molar-refractivity contribution in [2.75, 3.05) is 0 Å². The molecular formula is C39H31N5. The average molecular weight is 570 g/mol. The van der Waals surface area contributed by atoms with Crippen LogP contribution < -0.4 is 0 Å². The van der Waals surface area contributed by atoms with Gasteiger partial charge in [-0.15, -0.1) is 0 Å². The summed E-state index contributed by atoms with van der Waals surface area (Å²) in [5.41, 5.74) is 8.73. The Balaban J connectivity index is 1.28. The minimum absolute atomic E-state index is 0.0608. The molecule has 4 saturated carbocycles. The summed E-state index contributed by atoms with van der Waals surface area (Å²) in [4.78, 5) is 23.9. The Labute approximate surface area is 256 Å². The van der Waals surface area contributed by atoms with Gasteiger partial charge < -0.3 is 0 Å². The van der Waals surface area contributed by atoms with Crippen LogP contribution in [0.1, 0.15) is 43.2 Å². The molecule has 5 aliphatic carbocycles. The van der Waals surface area contributed by atoms with Gasteiger partial charge in [0.1, 0.15) is 0 Å². The van der Waals surface area contributed by atoms with Crippen LogP contribution in [0, 0.1) is 23.7 Å². The van der Waals surface area contributed by atoms with E-state index in [-0.39, 0.29) is 5.41 Å². The fourth-order valence-corrected chi connectivity index (χ4v) is 9.94. The first-order valence-corrected chi connectivity index (χ1v) is 16.0. The molecule has 0 unspecified atom stereocenters. The fourth-order valence-electron chi connectivity index (χ4n) is 9.94. The number of fused-ring (bicyclic) bond motifs is 5. The Hall–Kier alpha value is -4.77. The molecule has 44 heavy (non-hydrogen) atoms. The SMILES string of the molecule is c1cncc(-c2nc(-c3ccncc3)nc(-c3cccc4c3-c3c(ccc5ccccc35)C43C4CC5CC(C4)CC3C5)n2)c1. The highest BCUT2D eigenvalue weighted by molar-refractivity contribution is 6.06. The Morgan fingerprint density at radius 3 is 2.02 bits per heavy atom. The van der Waals surface area contributed by atoms with Gasteiger partial charge in [-0.3, -0.25) is 9.97 Å². The summed E-state index contributed by atoms with van der Waals surface area (Å²) in [6.07, 6.45) is 14.1. The van der Waals surface area contributed by atoms with Gasteiger partial charge in [0, 0.05) is 46.9 Å². The number of benzene rings is 3. The number of nitrogens with zero attached hydrogens (tertiary/aromatic N) is 5. The molecule has 5 aliphatic rings. The highest BCUT2D eigenvalue weighted by Crippen LogP contribution is 2.70. The molecule has 5 nitrogen and oxygen atoms in total. The van der Waals surface area contributed by atoms with Crippen molar-refractivity contribution < 1.29 is 0 Å². The Morgan fingerprint density at radius 1 is 0.523 bits per heavy atom. The van der Waals surface area contributed by atoms with Gasteiger partial charge in [-0.25, -0.2) is 15.0 Å². The van der Waals surface area contributed by atoms with Gasteiger partial charge in [-0.2, -0.15) is 0 Å².